The van der Waals surface area contributed by atoms with E-state index in [1.54, 1.807) is 11.0 Å². The van der Waals surface area contributed by atoms with E-state index in [4.69, 9.17) is 0 Å². The van der Waals surface area contributed by atoms with Crippen molar-refractivity contribution >= 4 is 23.2 Å². The Morgan fingerprint density at radius 1 is 1.28 bits per heavy atom. The van der Waals surface area contributed by atoms with Gasteiger partial charge in [-0.2, -0.15) is 0 Å². The van der Waals surface area contributed by atoms with Crippen molar-refractivity contribution in [3.05, 3.63) is 58.3 Å². The van der Waals surface area contributed by atoms with E-state index in [1.807, 2.05) is 31.2 Å². The third-order valence-electron chi connectivity index (χ3n) is 4.09. The number of nitrogens with one attached hydrogen (secondary N) is 2. The average Bonchev–Trinajstić information content (AvgIpc) is 3.06. The standard InChI is InChI=1S/C17H19N5O3/c1-12-2-4-13(5-3-12)20-17(23)21-9-8-14(11-21)19-16-7-6-15(10-18-16)22(24)25/h2-7,10,14H,8-9,11H2,1H3,(H,18,19)(H,20,23)/t14-/m1/s1. The molecule has 1 aromatic heterocycles. The molecule has 2 amide bonds. The molecule has 0 bridgehead atoms. The minimum Gasteiger partial charge on any atom is -0.365 e. The van der Waals surface area contributed by atoms with Crippen molar-refractivity contribution in [3.8, 4) is 0 Å². The van der Waals surface area contributed by atoms with Crippen LogP contribution in [0.1, 0.15) is 12.0 Å². The van der Waals surface area contributed by atoms with Crippen molar-refractivity contribution in [3.63, 3.8) is 0 Å². The summed E-state index contributed by atoms with van der Waals surface area (Å²) in [6.45, 7) is 3.19. The van der Waals surface area contributed by atoms with Crippen LogP contribution >= 0.6 is 0 Å². The number of rotatable bonds is 4. The van der Waals surface area contributed by atoms with Gasteiger partial charge in [0.05, 0.1) is 4.92 Å². The molecule has 1 saturated heterocycles. The molecule has 25 heavy (non-hydrogen) atoms. The molecule has 2 aromatic rings. The summed E-state index contributed by atoms with van der Waals surface area (Å²) < 4.78 is 0. The van der Waals surface area contributed by atoms with Crippen LogP contribution in [0.25, 0.3) is 0 Å². The van der Waals surface area contributed by atoms with E-state index in [2.05, 4.69) is 15.6 Å². The maximum atomic E-state index is 12.3. The van der Waals surface area contributed by atoms with Gasteiger partial charge in [0.2, 0.25) is 0 Å². The van der Waals surface area contributed by atoms with Gasteiger partial charge in [0, 0.05) is 30.9 Å². The number of likely N-dealkylation sites (tertiary alicyclic amines) is 1. The van der Waals surface area contributed by atoms with Gasteiger partial charge in [-0.15, -0.1) is 0 Å². The molecule has 8 heteroatoms. The van der Waals surface area contributed by atoms with E-state index in [0.717, 1.165) is 17.7 Å². The second kappa shape index (κ2) is 7.16. The van der Waals surface area contributed by atoms with E-state index in [1.165, 1.54) is 12.3 Å². The number of hydrogen-bond acceptors (Lipinski definition) is 5. The van der Waals surface area contributed by atoms with Crippen molar-refractivity contribution in [1.29, 1.82) is 0 Å². The van der Waals surface area contributed by atoms with Crippen LogP contribution in [-0.2, 0) is 0 Å². The fourth-order valence-corrected chi connectivity index (χ4v) is 2.69. The summed E-state index contributed by atoms with van der Waals surface area (Å²) in [5, 5.41) is 16.7. The molecule has 2 heterocycles. The summed E-state index contributed by atoms with van der Waals surface area (Å²) in [5.74, 6) is 0.566. The van der Waals surface area contributed by atoms with Crippen LogP contribution in [0, 0.1) is 17.0 Å². The molecular formula is C17H19N5O3. The molecule has 1 aromatic carbocycles. The van der Waals surface area contributed by atoms with Gasteiger partial charge < -0.3 is 15.5 Å². The smallest absolute Gasteiger partial charge is 0.321 e. The molecule has 130 valence electrons. The number of carbonyl (C=O) groups is 1. The van der Waals surface area contributed by atoms with Crippen molar-refractivity contribution in [2.24, 2.45) is 0 Å². The number of anilines is 2. The summed E-state index contributed by atoms with van der Waals surface area (Å²) in [5.41, 5.74) is 1.86. The first kappa shape index (κ1) is 16.7. The zero-order chi connectivity index (χ0) is 17.8. The Balaban J connectivity index is 1.53. The summed E-state index contributed by atoms with van der Waals surface area (Å²) in [6, 6.07) is 10.6. The van der Waals surface area contributed by atoms with Crippen molar-refractivity contribution < 1.29 is 9.72 Å². The normalized spacial score (nSPS) is 16.5. The molecule has 8 nitrogen and oxygen atoms in total. The van der Waals surface area contributed by atoms with Gasteiger partial charge in [0.15, 0.2) is 0 Å². The summed E-state index contributed by atoms with van der Waals surface area (Å²) in [7, 11) is 0. The Bertz CT molecular complexity index is 761. The second-order valence-corrected chi connectivity index (χ2v) is 6.03. The van der Waals surface area contributed by atoms with Crippen LogP contribution in [0.5, 0.6) is 0 Å². The lowest BCUT2D eigenvalue weighted by molar-refractivity contribution is -0.385. The Hall–Kier alpha value is -3.16. The zero-order valence-electron chi connectivity index (χ0n) is 13.8. The van der Waals surface area contributed by atoms with Crippen LogP contribution < -0.4 is 10.6 Å². The van der Waals surface area contributed by atoms with Crippen molar-refractivity contribution in [1.82, 2.24) is 9.88 Å². The summed E-state index contributed by atoms with van der Waals surface area (Å²) >= 11 is 0. The third-order valence-corrected chi connectivity index (χ3v) is 4.09. The predicted molar refractivity (Wildman–Crippen MR) is 94.7 cm³/mol. The number of hydrogen-bond donors (Lipinski definition) is 2. The van der Waals surface area contributed by atoms with Crippen LogP contribution in [0.2, 0.25) is 0 Å². The van der Waals surface area contributed by atoms with Gasteiger partial charge in [-0.1, -0.05) is 17.7 Å². The summed E-state index contributed by atoms with van der Waals surface area (Å²) in [6.07, 6.45) is 2.01. The van der Waals surface area contributed by atoms with E-state index in [9.17, 15) is 14.9 Å². The predicted octanol–water partition coefficient (Wildman–Crippen LogP) is 3.02. The van der Waals surface area contributed by atoms with Gasteiger partial charge in [-0.3, -0.25) is 10.1 Å². The highest BCUT2D eigenvalue weighted by atomic mass is 16.6. The van der Waals surface area contributed by atoms with Crippen LogP contribution in [0.4, 0.5) is 22.0 Å². The number of aryl methyl sites for hydroxylation is 1. The quantitative estimate of drug-likeness (QED) is 0.657. The second-order valence-electron chi connectivity index (χ2n) is 6.03. The number of nitrogens with zero attached hydrogens (tertiary/aromatic N) is 3. The highest BCUT2D eigenvalue weighted by molar-refractivity contribution is 5.89. The highest BCUT2D eigenvalue weighted by Gasteiger charge is 2.26. The maximum absolute atomic E-state index is 12.3. The molecule has 1 aliphatic rings. The Kier molecular flexibility index (Phi) is 4.78. The Morgan fingerprint density at radius 3 is 2.68 bits per heavy atom. The van der Waals surface area contributed by atoms with E-state index < -0.39 is 4.92 Å². The minimum absolute atomic E-state index is 0.0453. The van der Waals surface area contributed by atoms with E-state index in [0.29, 0.717) is 18.9 Å². The van der Waals surface area contributed by atoms with Crippen LogP contribution in [-0.4, -0.2) is 40.0 Å². The molecule has 1 atom stereocenters. The first-order chi connectivity index (χ1) is 12.0. The van der Waals surface area contributed by atoms with Gasteiger partial charge in [-0.25, -0.2) is 9.78 Å². The lowest BCUT2D eigenvalue weighted by Gasteiger charge is -2.18. The van der Waals surface area contributed by atoms with Gasteiger partial charge in [-0.05, 0) is 31.5 Å². The topological polar surface area (TPSA) is 100 Å². The molecular weight excluding hydrogens is 322 g/mol. The first-order valence-electron chi connectivity index (χ1n) is 8.01. The zero-order valence-corrected chi connectivity index (χ0v) is 13.8. The first-order valence-corrected chi connectivity index (χ1v) is 8.01. The molecule has 0 unspecified atom stereocenters. The summed E-state index contributed by atoms with van der Waals surface area (Å²) in [4.78, 5) is 28.2. The lowest BCUT2D eigenvalue weighted by atomic mass is 10.2. The van der Waals surface area contributed by atoms with E-state index in [-0.39, 0.29) is 17.8 Å². The monoisotopic (exact) mass is 341 g/mol. The third kappa shape index (κ3) is 4.23. The fourth-order valence-electron chi connectivity index (χ4n) is 2.69. The van der Waals surface area contributed by atoms with Gasteiger partial charge >= 0.3 is 6.03 Å². The molecule has 0 saturated carbocycles. The number of aromatic nitrogens is 1. The van der Waals surface area contributed by atoms with Crippen LogP contribution in [0.3, 0.4) is 0 Å². The fraction of sp³-hybridized carbons (Fsp3) is 0.294. The van der Waals surface area contributed by atoms with Crippen molar-refractivity contribution in [2.75, 3.05) is 23.7 Å². The SMILES string of the molecule is Cc1ccc(NC(=O)N2CC[C@@H](Nc3ccc([N+](=O)[O-])cn3)C2)cc1. The molecule has 0 aliphatic carbocycles. The minimum atomic E-state index is -0.483. The van der Waals surface area contributed by atoms with Crippen molar-refractivity contribution in [2.45, 2.75) is 19.4 Å². The maximum Gasteiger partial charge on any atom is 0.321 e. The average molecular weight is 341 g/mol. The van der Waals surface area contributed by atoms with Gasteiger partial charge in [0.25, 0.3) is 5.69 Å². The molecule has 1 aliphatic heterocycles. The lowest BCUT2D eigenvalue weighted by Crippen LogP contribution is -2.35. The molecule has 3 rings (SSSR count). The number of pyridine rings is 1. The Morgan fingerprint density at radius 2 is 2.04 bits per heavy atom. The molecule has 0 radical (unpaired) electrons. The number of benzene rings is 1. The number of nitro groups is 1. The number of amides is 2. The largest absolute Gasteiger partial charge is 0.365 e. The number of urea groups is 1. The molecule has 0 spiro atoms. The molecule has 2 N–H and O–H groups in total. The number of carbonyl (C=O) groups excluding carboxylic acids is 1. The highest BCUT2D eigenvalue weighted by Crippen LogP contribution is 2.18. The Labute approximate surface area is 145 Å². The van der Waals surface area contributed by atoms with Crippen LogP contribution in [0.15, 0.2) is 42.6 Å². The molecule has 1 fully saturated rings. The van der Waals surface area contributed by atoms with Gasteiger partial charge in [0.1, 0.15) is 12.0 Å². The van der Waals surface area contributed by atoms with E-state index >= 15 is 0 Å².